The zero-order valence-electron chi connectivity index (χ0n) is 16.9. The van der Waals surface area contributed by atoms with E-state index < -0.39 is 11.6 Å². The van der Waals surface area contributed by atoms with Gasteiger partial charge < -0.3 is 15.4 Å². The van der Waals surface area contributed by atoms with Crippen LogP contribution in [0.3, 0.4) is 0 Å². The minimum absolute atomic E-state index is 0.236. The van der Waals surface area contributed by atoms with Crippen molar-refractivity contribution in [3.63, 3.8) is 0 Å². The first kappa shape index (κ1) is 20.6. The van der Waals surface area contributed by atoms with Crippen LogP contribution in [-0.2, 0) is 14.3 Å². The summed E-state index contributed by atoms with van der Waals surface area (Å²) >= 11 is 0. The van der Waals surface area contributed by atoms with Gasteiger partial charge in [0, 0.05) is 18.1 Å². The average Bonchev–Trinajstić information content (AvgIpc) is 2.98. The lowest BCUT2D eigenvalue weighted by atomic mass is 9.88. The molecule has 3 rings (SSSR count). The van der Waals surface area contributed by atoms with Gasteiger partial charge in [0.1, 0.15) is 16.9 Å². The van der Waals surface area contributed by atoms with Gasteiger partial charge in [-0.05, 0) is 57.2 Å². The van der Waals surface area contributed by atoms with Crippen molar-refractivity contribution >= 4 is 24.0 Å². The van der Waals surface area contributed by atoms with Gasteiger partial charge in [0.15, 0.2) is 0 Å². The summed E-state index contributed by atoms with van der Waals surface area (Å²) < 4.78 is 4.78. The van der Waals surface area contributed by atoms with Crippen LogP contribution in [0.4, 0.5) is 5.69 Å². The SMILES string of the molecule is COC(=O)c1cnccc1N/C(C)=C/C(C)=C1/C(=O)NC2(CCCCC2)N1C=O. The first-order valence-corrected chi connectivity index (χ1v) is 9.67. The molecule has 2 aliphatic rings. The van der Waals surface area contributed by atoms with E-state index in [1.165, 1.54) is 13.3 Å². The molecular formula is C21H26N4O4. The third kappa shape index (κ3) is 4.01. The van der Waals surface area contributed by atoms with Crippen LogP contribution in [0.5, 0.6) is 0 Å². The van der Waals surface area contributed by atoms with E-state index in [0.717, 1.165) is 38.5 Å². The average molecular weight is 398 g/mol. The fourth-order valence-corrected chi connectivity index (χ4v) is 4.10. The van der Waals surface area contributed by atoms with Gasteiger partial charge in [0.2, 0.25) is 6.41 Å². The predicted octanol–water partition coefficient (Wildman–Crippen LogP) is 2.71. The highest BCUT2D eigenvalue weighted by molar-refractivity contribution is 6.00. The lowest BCUT2D eigenvalue weighted by Gasteiger charge is -2.38. The number of anilines is 1. The van der Waals surface area contributed by atoms with E-state index in [2.05, 4.69) is 15.6 Å². The quantitative estimate of drug-likeness (QED) is 0.449. The van der Waals surface area contributed by atoms with Gasteiger partial charge in [0.25, 0.3) is 5.91 Å². The number of ether oxygens (including phenoxy) is 1. The number of allylic oxidation sites excluding steroid dienone is 3. The van der Waals surface area contributed by atoms with Gasteiger partial charge in [-0.1, -0.05) is 6.42 Å². The molecule has 2 fully saturated rings. The maximum absolute atomic E-state index is 12.7. The van der Waals surface area contributed by atoms with Crippen molar-refractivity contribution in [3.05, 3.63) is 47.1 Å². The number of nitrogens with zero attached hydrogens (tertiary/aromatic N) is 2. The molecule has 2 N–H and O–H groups in total. The summed E-state index contributed by atoms with van der Waals surface area (Å²) in [5, 5.41) is 6.18. The highest BCUT2D eigenvalue weighted by Gasteiger charge is 2.48. The summed E-state index contributed by atoms with van der Waals surface area (Å²) in [7, 11) is 1.31. The molecule has 1 aliphatic carbocycles. The third-order valence-electron chi connectivity index (χ3n) is 5.41. The molecule has 0 bridgehead atoms. The van der Waals surface area contributed by atoms with E-state index in [9.17, 15) is 14.4 Å². The normalized spacial score (nSPS) is 20.3. The lowest BCUT2D eigenvalue weighted by Crippen LogP contribution is -2.52. The lowest BCUT2D eigenvalue weighted by molar-refractivity contribution is -0.121. The van der Waals surface area contributed by atoms with Gasteiger partial charge in [0.05, 0.1) is 12.8 Å². The summed E-state index contributed by atoms with van der Waals surface area (Å²) in [6.45, 7) is 3.62. The second kappa shape index (κ2) is 8.46. The van der Waals surface area contributed by atoms with Crippen molar-refractivity contribution in [2.75, 3.05) is 12.4 Å². The van der Waals surface area contributed by atoms with Gasteiger partial charge in [-0.25, -0.2) is 4.79 Å². The van der Waals surface area contributed by atoms with Crippen LogP contribution in [0.25, 0.3) is 0 Å². The van der Waals surface area contributed by atoms with E-state index in [1.807, 2.05) is 6.92 Å². The number of methoxy groups -OCH3 is 1. The Bertz CT molecular complexity index is 884. The second-order valence-electron chi connectivity index (χ2n) is 7.42. The second-order valence-corrected chi connectivity index (χ2v) is 7.42. The molecule has 8 heteroatoms. The Morgan fingerprint density at radius 1 is 1.31 bits per heavy atom. The molecule has 1 aromatic rings. The zero-order chi connectivity index (χ0) is 21.0. The number of amides is 2. The summed E-state index contributed by atoms with van der Waals surface area (Å²) in [4.78, 5) is 42.0. The fraction of sp³-hybridized carbons (Fsp3) is 0.429. The topological polar surface area (TPSA) is 101 Å². The molecule has 1 saturated carbocycles. The largest absolute Gasteiger partial charge is 0.465 e. The summed E-state index contributed by atoms with van der Waals surface area (Å²) in [6, 6.07) is 1.67. The van der Waals surface area contributed by atoms with Crippen LogP contribution in [0.2, 0.25) is 0 Å². The zero-order valence-corrected chi connectivity index (χ0v) is 16.9. The highest BCUT2D eigenvalue weighted by Crippen LogP contribution is 2.38. The summed E-state index contributed by atoms with van der Waals surface area (Å²) in [5.41, 5.74) is 1.98. The van der Waals surface area contributed by atoms with Crippen molar-refractivity contribution in [3.8, 4) is 0 Å². The molecule has 8 nitrogen and oxygen atoms in total. The van der Waals surface area contributed by atoms with E-state index in [-0.39, 0.29) is 5.91 Å². The molecule has 2 amide bonds. The Balaban J connectivity index is 1.89. The molecule has 1 aromatic heterocycles. The molecule has 0 atom stereocenters. The Morgan fingerprint density at radius 2 is 2.03 bits per heavy atom. The summed E-state index contributed by atoms with van der Waals surface area (Å²) in [5.74, 6) is -0.732. The number of hydrogen-bond donors (Lipinski definition) is 2. The number of rotatable bonds is 5. The first-order chi connectivity index (χ1) is 13.9. The van der Waals surface area contributed by atoms with E-state index in [1.54, 1.807) is 30.2 Å². The van der Waals surface area contributed by atoms with E-state index in [4.69, 9.17) is 4.74 Å². The maximum atomic E-state index is 12.7. The van der Waals surface area contributed by atoms with Gasteiger partial charge in [-0.2, -0.15) is 0 Å². The fourth-order valence-electron chi connectivity index (χ4n) is 4.10. The number of esters is 1. The van der Waals surface area contributed by atoms with Crippen LogP contribution in [0.1, 0.15) is 56.3 Å². The maximum Gasteiger partial charge on any atom is 0.341 e. The van der Waals surface area contributed by atoms with Crippen molar-refractivity contribution in [2.24, 2.45) is 0 Å². The molecular weight excluding hydrogens is 372 g/mol. The number of aromatic nitrogens is 1. The Hall–Kier alpha value is -3.16. The highest BCUT2D eigenvalue weighted by atomic mass is 16.5. The van der Waals surface area contributed by atoms with Crippen LogP contribution in [0.15, 0.2) is 41.5 Å². The Kier molecular flexibility index (Phi) is 6.00. The smallest absolute Gasteiger partial charge is 0.341 e. The van der Waals surface area contributed by atoms with Crippen molar-refractivity contribution < 1.29 is 19.1 Å². The Labute approximate surface area is 170 Å². The minimum atomic E-state index is -0.605. The molecule has 0 aromatic carbocycles. The Morgan fingerprint density at radius 3 is 2.69 bits per heavy atom. The number of carbonyl (C=O) groups is 3. The number of carbonyl (C=O) groups excluding carboxylic acids is 3. The van der Waals surface area contributed by atoms with Crippen molar-refractivity contribution in [2.45, 2.75) is 51.6 Å². The van der Waals surface area contributed by atoms with Gasteiger partial charge in [-0.3, -0.25) is 19.5 Å². The third-order valence-corrected chi connectivity index (χ3v) is 5.41. The van der Waals surface area contributed by atoms with Crippen molar-refractivity contribution in [1.82, 2.24) is 15.2 Å². The number of nitrogens with one attached hydrogen (secondary N) is 2. The minimum Gasteiger partial charge on any atom is -0.465 e. The molecule has 2 heterocycles. The molecule has 0 radical (unpaired) electrons. The van der Waals surface area contributed by atoms with Crippen molar-refractivity contribution in [1.29, 1.82) is 0 Å². The predicted molar refractivity (Wildman–Crippen MR) is 108 cm³/mol. The van der Waals surface area contributed by atoms with Crippen LogP contribution >= 0.6 is 0 Å². The van der Waals surface area contributed by atoms with Gasteiger partial charge >= 0.3 is 5.97 Å². The van der Waals surface area contributed by atoms with Crippen LogP contribution in [0, 0.1) is 0 Å². The van der Waals surface area contributed by atoms with Crippen LogP contribution in [-0.4, -0.2) is 40.9 Å². The molecule has 154 valence electrons. The first-order valence-electron chi connectivity index (χ1n) is 9.67. The number of pyridine rings is 1. The molecule has 1 spiro atoms. The summed E-state index contributed by atoms with van der Waals surface area (Å²) in [6.07, 6.45) is 10.1. The van der Waals surface area contributed by atoms with Crippen LogP contribution < -0.4 is 10.6 Å². The molecule has 0 unspecified atom stereocenters. The van der Waals surface area contributed by atoms with E-state index in [0.29, 0.717) is 28.2 Å². The molecule has 1 saturated heterocycles. The van der Waals surface area contributed by atoms with Gasteiger partial charge in [-0.15, -0.1) is 0 Å². The monoisotopic (exact) mass is 398 g/mol. The standard InChI is InChI=1S/C21H26N4O4/c1-14(11-15(2)23-17-7-10-22-12-16(17)20(28)29-3)18-19(27)24-21(25(18)13-26)8-5-4-6-9-21/h7,10-13H,4-6,8-9H2,1-3H3,(H,22,23)(H,24,27)/b15-11+,18-14-. The van der Waals surface area contributed by atoms with E-state index >= 15 is 0 Å². The molecule has 1 aliphatic heterocycles. The molecule has 29 heavy (non-hydrogen) atoms. The number of hydrogen-bond acceptors (Lipinski definition) is 6.